The van der Waals surface area contributed by atoms with Gasteiger partial charge in [-0.1, -0.05) is 43.0 Å². The summed E-state index contributed by atoms with van der Waals surface area (Å²) in [6, 6.07) is 20.9. The van der Waals surface area contributed by atoms with Crippen LogP contribution in [-0.4, -0.2) is 93.7 Å². The number of hydrogen-bond acceptors (Lipinski definition) is 10. The minimum atomic E-state index is -0.864. The highest BCUT2D eigenvalue weighted by Gasteiger charge is 2.46. The van der Waals surface area contributed by atoms with E-state index in [2.05, 4.69) is 27.5 Å². The van der Waals surface area contributed by atoms with E-state index in [9.17, 15) is 24.0 Å². The summed E-state index contributed by atoms with van der Waals surface area (Å²) in [7, 11) is 3.47. The SMILES string of the molecule is C=CCOC(=O)N1c2cc(OCCCC(=O)Nc3cc(C(=O)Nc4ccc(-c5cn(C)c(C(=O)Nc6ccccc6)n5)cc4)n(C)c3)c(C)cc2C(=O)N2CCCC[C@H]2C1OC1CCCCO1. The van der Waals surface area contributed by atoms with Gasteiger partial charge in [0, 0.05) is 69.1 Å². The number of rotatable bonds is 15. The molecule has 2 aromatic heterocycles. The fourth-order valence-corrected chi connectivity index (χ4v) is 8.64. The molecule has 17 heteroatoms. The molecule has 67 heavy (non-hydrogen) atoms. The van der Waals surface area contributed by atoms with Gasteiger partial charge in [0.15, 0.2) is 18.3 Å². The summed E-state index contributed by atoms with van der Waals surface area (Å²) >= 11 is 0. The second-order valence-corrected chi connectivity index (χ2v) is 16.9. The lowest BCUT2D eigenvalue weighted by atomic mass is 10.00. The van der Waals surface area contributed by atoms with Crippen LogP contribution in [0.3, 0.4) is 0 Å². The molecule has 0 aliphatic carbocycles. The summed E-state index contributed by atoms with van der Waals surface area (Å²) in [4.78, 5) is 75.3. The van der Waals surface area contributed by atoms with Crippen LogP contribution in [0.15, 0.2) is 97.8 Å². The maximum Gasteiger partial charge on any atom is 0.416 e. The van der Waals surface area contributed by atoms with Gasteiger partial charge in [0.2, 0.25) is 5.91 Å². The molecule has 3 aliphatic rings. The monoisotopic (exact) mass is 912 g/mol. The summed E-state index contributed by atoms with van der Waals surface area (Å²) in [6.45, 7) is 6.76. The Morgan fingerprint density at radius 1 is 0.866 bits per heavy atom. The molecule has 8 rings (SSSR count). The number of carbonyl (C=O) groups is 5. The van der Waals surface area contributed by atoms with Crippen molar-refractivity contribution in [2.24, 2.45) is 14.1 Å². The molecular formula is C50H56N8O9. The zero-order valence-electron chi connectivity index (χ0n) is 38.0. The first-order valence-corrected chi connectivity index (χ1v) is 22.7. The van der Waals surface area contributed by atoms with Gasteiger partial charge in [-0.3, -0.25) is 19.2 Å². The number of benzene rings is 3. The van der Waals surface area contributed by atoms with Crippen LogP contribution in [0.5, 0.6) is 5.75 Å². The fraction of sp³-hybridized carbons (Fsp3) is 0.360. The van der Waals surface area contributed by atoms with Crippen LogP contribution < -0.4 is 25.6 Å². The molecule has 0 bridgehead atoms. The maximum atomic E-state index is 14.2. The highest BCUT2D eigenvalue weighted by Crippen LogP contribution is 2.40. The maximum absolute atomic E-state index is 14.2. The number of nitrogens with zero attached hydrogens (tertiary/aromatic N) is 5. The lowest BCUT2D eigenvalue weighted by Crippen LogP contribution is -2.57. The number of para-hydroxylation sites is 1. The second-order valence-electron chi connectivity index (χ2n) is 16.9. The number of amides is 5. The largest absolute Gasteiger partial charge is 0.493 e. The molecule has 3 aliphatic heterocycles. The molecule has 3 N–H and O–H groups in total. The van der Waals surface area contributed by atoms with Crippen molar-refractivity contribution >= 4 is 52.5 Å². The number of hydrogen-bond donors (Lipinski definition) is 3. The summed E-state index contributed by atoms with van der Waals surface area (Å²) in [6.07, 6.45) is 8.19. The molecule has 0 saturated carbocycles. The third-order valence-electron chi connectivity index (χ3n) is 12.0. The molecular weight excluding hydrogens is 857 g/mol. The van der Waals surface area contributed by atoms with E-state index in [1.165, 1.54) is 11.0 Å². The van der Waals surface area contributed by atoms with E-state index in [1.807, 2.05) is 42.2 Å². The Kier molecular flexibility index (Phi) is 14.5. The quantitative estimate of drug-likeness (QED) is 0.0685. The predicted octanol–water partition coefficient (Wildman–Crippen LogP) is 8.04. The molecule has 350 valence electrons. The number of anilines is 4. The minimum absolute atomic E-state index is 0.0289. The molecule has 5 heterocycles. The van der Waals surface area contributed by atoms with E-state index in [0.717, 1.165) is 31.2 Å². The third kappa shape index (κ3) is 10.7. The standard InChI is InChI=1S/C50H56N8O9/c1-5-24-66-50(63)58-40-29-42(32(2)27-37(40)48(62)57-23-11-9-16-39(57)49(58)67-44-18-10-12-25-65-44)64-26-13-17-43(59)51-36-28-41(55(3)30-36)46(60)52-35-21-19-33(20-22-35)38-31-56(4)45(54-38)47(61)53-34-14-7-6-8-15-34/h5-8,14-15,19-22,27-31,39,44,49H,1,9-13,16-18,23-26H2,2-4H3,(H,51,59)(H,52,60)(H,53,61)/t39-,44?,49?/m0/s1. The first kappa shape index (κ1) is 46.3. The molecule has 2 fully saturated rings. The van der Waals surface area contributed by atoms with Crippen molar-refractivity contribution in [1.82, 2.24) is 19.0 Å². The number of nitrogens with one attached hydrogen (secondary N) is 3. The highest BCUT2D eigenvalue weighted by molar-refractivity contribution is 6.06. The number of aryl methyl sites for hydroxylation is 3. The number of imidazole rings is 1. The topological polar surface area (TPSA) is 188 Å². The van der Waals surface area contributed by atoms with Crippen molar-refractivity contribution in [3.8, 4) is 17.0 Å². The summed E-state index contributed by atoms with van der Waals surface area (Å²) in [5, 5.41) is 8.62. The van der Waals surface area contributed by atoms with Gasteiger partial charge in [0.1, 0.15) is 18.1 Å². The zero-order valence-corrected chi connectivity index (χ0v) is 38.0. The number of aromatic nitrogens is 3. The van der Waals surface area contributed by atoms with Crippen LogP contribution in [-0.2, 0) is 33.1 Å². The van der Waals surface area contributed by atoms with E-state index >= 15 is 0 Å². The van der Waals surface area contributed by atoms with E-state index in [-0.39, 0.29) is 49.1 Å². The fourth-order valence-electron chi connectivity index (χ4n) is 8.64. The molecule has 0 radical (unpaired) electrons. The van der Waals surface area contributed by atoms with E-state index in [0.29, 0.717) is 83.4 Å². The van der Waals surface area contributed by atoms with Gasteiger partial charge in [0.25, 0.3) is 17.7 Å². The minimum Gasteiger partial charge on any atom is -0.493 e. The van der Waals surface area contributed by atoms with Crippen LogP contribution >= 0.6 is 0 Å². The van der Waals surface area contributed by atoms with Crippen molar-refractivity contribution in [2.45, 2.75) is 76.9 Å². The van der Waals surface area contributed by atoms with Gasteiger partial charge in [-0.25, -0.2) is 14.7 Å². The molecule has 0 spiro atoms. The smallest absolute Gasteiger partial charge is 0.416 e. The summed E-state index contributed by atoms with van der Waals surface area (Å²) in [5.74, 6) is -0.460. The zero-order chi connectivity index (χ0) is 47.0. The van der Waals surface area contributed by atoms with Gasteiger partial charge in [0.05, 0.1) is 35.3 Å². The first-order valence-electron chi connectivity index (χ1n) is 22.7. The number of carbonyl (C=O) groups excluding carboxylic acids is 5. The third-order valence-corrected chi connectivity index (χ3v) is 12.0. The number of ether oxygens (including phenoxy) is 4. The Morgan fingerprint density at radius 3 is 2.39 bits per heavy atom. The van der Waals surface area contributed by atoms with Crippen LogP contribution in [0.25, 0.3) is 11.3 Å². The van der Waals surface area contributed by atoms with E-state index < -0.39 is 24.7 Å². The summed E-state index contributed by atoms with van der Waals surface area (Å²) < 4.78 is 27.7. The van der Waals surface area contributed by atoms with Crippen molar-refractivity contribution in [2.75, 3.05) is 47.2 Å². The second kappa shape index (κ2) is 20.9. The Balaban J connectivity index is 0.874. The van der Waals surface area contributed by atoms with Crippen LogP contribution in [0, 0.1) is 6.92 Å². The Bertz CT molecular complexity index is 2620. The van der Waals surface area contributed by atoms with Gasteiger partial charge in [-0.15, -0.1) is 0 Å². The number of piperidine rings is 1. The van der Waals surface area contributed by atoms with Crippen molar-refractivity contribution in [1.29, 1.82) is 0 Å². The summed E-state index contributed by atoms with van der Waals surface area (Å²) in [5.41, 5.74) is 4.73. The predicted molar refractivity (Wildman–Crippen MR) is 252 cm³/mol. The molecule has 2 saturated heterocycles. The molecule has 17 nitrogen and oxygen atoms in total. The van der Waals surface area contributed by atoms with Crippen LogP contribution in [0.2, 0.25) is 0 Å². The van der Waals surface area contributed by atoms with Gasteiger partial charge < -0.3 is 48.9 Å². The molecule has 5 amide bonds. The van der Waals surface area contributed by atoms with Crippen LogP contribution in [0.4, 0.5) is 27.5 Å². The average molecular weight is 913 g/mol. The Hall–Kier alpha value is -7.24. The molecule has 2 unspecified atom stereocenters. The van der Waals surface area contributed by atoms with Gasteiger partial charge in [-0.05, 0) is 93.8 Å². The lowest BCUT2D eigenvalue weighted by Gasteiger charge is -2.42. The Labute approximate surface area is 389 Å². The van der Waals surface area contributed by atoms with Crippen LogP contribution in [0.1, 0.15) is 88.4 Å². The van der Waals surface area contributed by atoms with Crippen molar-refractivity contribution in [3.05, 3.63) is 120 Å². The molecule has 5 aromatic rings. The van der Waals surface area contributed by atoms with E-state index in [1.54, 1.807) is 78.1 Å². The van der Waals surface area contributed by atoms with Crippen molar-refractivity contribution in [3.63, 3.8) is 0 Å². The Morgan fingerprint density at radius 2 is 1.63 bits per heavy atom. The molecule has 3 atom stereocenters. The van der Waals surface area contributed by atoms with Gasteiger partial charge in [-0.2, -0.15) is 0 Å². The first-order chi connectivity index (χ1) is 32.5. The average Bonchev–Trinajstić information content (AvgIpc) is 3.89. The lowest BCUT2D eigenvalue weighted by molar-refractivity contribution is -0.198. The number of fused-ring (bicyclic) bond motifs is 2. The molecule has 3 aromatic carbocycles. The van der Waals surface area contributed by atoms with Crippen molar-refractivity contribution < 1.29 is 42.9 Å². The van der Waals surface area contributed by atoms with Gasteiger partial charge >= 0.3 is 6.09 Å². The highest BCUT2D eigenvalue weighted by atomic mass is 16.7. The van der Waals surface area contributed by atoms with E-state index in [4.69, 9.17) is 18.9 Å². The normalized spacial score (nSPS) is 18.0.